The minimum Gasteiger partial charge on any atom is -0.455 e. The average Bonchev–Trinajstić information content (AvgIpc) is 4.03. The van der Waals surface area contributed by atoms with Gasteiger partial charge >= 0.3 is 0 Å². The fourth-order valence-electron chi connectivity index (χ4n) is 13.2. The van der Waals surface area contributed by atoms with Crippen molar-refractivity contribution in [1.82, 2.24) is 0 Å². The van der Waals surface area contributed by atoms with Gasteiger partial charge in [-0.25, -0.2) is 0 Å². The van der Waals surface area contributed by atoms with Gasteiger partial charge in [-0.2, -0.15) is 0 Å². The van der Waals surface area contributed by atoms with Crippen LogP contribution in [0.2, 0.25) is 0 Å². The Morgan fingerprint density at radius 2 is 0.744 bits per heavy atom. The van der Waals surface area contributed by atoms with E-state index in [4.69, 9.17) is 4.42 Å². The second kappa shape index (κ2) is 17.6. The maximum atomic E-state index is 6.51. The lowest BCUT2D eigenvalue weighted by Crippen LogP contribution is -2.26. The van der Waals surface area contributed by atoms with E-state index in [0.29, 0.717) is 0 Å². The summed E-state index contributed by atoms with van der Waals surface area (Å²) < 4.78 is 6.51. The number of nitrogens with zero attached hydrogens (tertiary/aromatic N) is 1. The van der Waals surface area contributed by atoms with Crippen molar-refractivity contribution >= 4 is 61.1 Å². The number of fused-ring (bicyclic) bond motifs is 14. The summed E-state index contributed by atoms with van der Waals surface area (Å²) in [5.41, 5.74) is 24.6. The Kier molecular flexibility index (Phi) is 10.1. The van der Waals surface area contributed by atoms with E-state index >= 15 is 0 Å². The van der Waals surface area contributed by atoms with Crippen LogP contribution in [-0.2, 0) is 5.41 Å². The molecule has 1 unspecified atom stereocenters. The highest BCUT2D eigenvalue weighted by Crippen LogP contribution is 2.69. The summed E-state index contributed by atoms with van der Waals surface area (Å²) in [4.78, 5) is 5.02. The number of thiophene rings is 1. The van der Waals surface area contributed by atoms with Gasteiger partial charge in [-0.15, -0.1) is 11.3 Å². The highest BCUT2D eigenvalue weighted by atomic mass is 32.1. The monoisotopic (exact) mass is 1010 g/mol. The first-order valence-electron chi connectivity index (χ1n) is 26.8. The first-order chi connectivity index (χ1) is 38.7. The van der Waals surface area contributed by atoms with Crippen molar-refractivity contribution < 1.29 is 4.42 Å². The molecule has 16 rings (SSSR count). The van der Waals surface area contributed by atoms with Crippen molar-refractivity contribution in [2.45, 2.75) is 5.41 Å². The van der Waals surface area contributed by atoms with Gasteiger partial charge in [-0.05, 0) is 131 Å². The second-order valence-corrected chi connectivity index (χ2v) is 21.6. The third kappa shape index (κ3) is 6.62. The molecule has 0 saturated carbocycles. The molecule has 0 bridgehead atoms. The van der Waals surface area contributed by atoms with Crippen molar-refractivity contribution in [3.05, 3.63) is 307 Å². The first-order valence-corrected chi connectivity index (χ1v) is 27.6. The molecule has 364 valence electrons. The Labute approximate surface area is 457 Å². The molecule has 3 heteroatoms. The fourth-order valence-corrected chi connectivity index (χ4v) is 14.6. The van der Waals surface area contributed by atoms with E-state index < -0.39 is 5.41 Å². The van der Waals surface area contributed by atoms with Gasteiger partial charge in [-0.1, -0.05) is 243 Å². The summed E-state index contributed by atoms with van der Waals surface area (Å²) in [5, 5.41) is 4.74. The number of para-hydroxylation sites is 2. The smallest absolute Gasteiger partial charge is 0.143 e. The molecule has 2 nitrogen and oxygen atoms in total. The zero-order chi connectivity index (χ0) is 51.3. The van der Waals surface area contributed by atoms with Gasteiger partial charge in [0.15, 0.2) is 0 Å². The largest absolute Gasteiger partial charge is 0.455 e. The van der Waals surface area contributed by atoms with Gasteiger partial charge < -0.3 is 9.32 Å². The maximum absolute atomic E-state index is 6.51. The normalized spacial score (nSPS) is 13.9. The molecule has 0 amide bonds. The lowest BCUT2D eigenvalue weighted by Gasteiger charge is -2.31. The van der Waals surface area contributed by atoms with Crippen LogP contribution < -0.4 is 4.90 Å². The van der Waals surface area contributed by atoms with Crippen LogP contribution in [0.15, 0.2) is 290 Å². The molecular formula is C75H47NOS. The van der Waals surface area contributed by atoms with Crippen molar-refractivity contribution in [2.75, 3.05) is 4.90 Å². The second-order valence-electron chi connectivity index (χ2n) is 20.6. The zero-order valence-corrected chi connectivity index (χ0v) is 43.2. The topological polar surface area (TPSA) is 16.4 Å². The van der Waals surface area contributed by atoms with Crippen LogP contribution in [0.1, 0.15) is 22.3 Å². The summed E-state index contributed by atoms with van der Waals surface area (Å²) in [7, 11) is 0. The molecule has 2 aliphatic rings. The van der Waals surface area contributed by atoms with Crippen LogP contribution in [0.4, 0.5) is 17.1 Å². The number of hydrogen-bond acceptors (Lipinski definition) is 3. The molecule has 0 saturated heterocycles. The van der Waals surface area contributed by atoms with Crippen LogP contribution >= 0.6 is 11.3 Å². The molecule has 78 heavy (non-hydrogen) atoms. The Balaban J connectivity index is 0.844. The van der Waals surface area contributed by atoms with Crippen LogP contribution in [0.5, 0.6) is 0 Å². The predicted molar refractivity (Wildman–Crippen MR) is 327 cm³/mol. The van der Waals surface area contributed by atoms with E-state index in [2.05, 4.69) is 284 Å². The molecule has 14 aromatic rings. The molecule has 0 aliphatic heterocycles. The molecule has 0 fully saturated rings. The molecule has 0 N–H and O–H groups in total. The van der Waals surface area contributed by atoms with Crippen molar-refractivity contribution in [3.63, 3.8) is 0 Å². The van der Waals surface area contributed by atoms with E-state index in [1.54, 1.807) is 0 Å². The Bertz CT molecular complexity index is 4640. The van der Waals surface area contributed by atoms with E-state index in [1.807, 2.05) is 17.4 Å². The standard InChI is InChI=1S/C75H47NOS/c1-3-19-52(20-4-1)73-70-64-27-10-13-33-66(64)75(71(70)74(78-73)53-21-5-2-6-22-53)65-32-12-9-26-63(65)69-59(29-17-34-67(69)75)50-38-44-55(45-39-50)76(54-42-36-49(37-43-54)58-28-15-23-48-18-7-8-24-57(48)58)56-46-40-51(41-47-56)60-30-16-31-62-61-25-11-14-35-68(61)77-72(60)62/h1-47H. The molecular weight excluding hydrogens is 963 g/mol. The van der Waals surface area contributed by atoms with Crippen molar-refractivity contribution in [2.24, 2.45) is 0 Å². The molecule has 2 aliphatic carbocycles. The number of benzene rings is 12. The highest BCUT2D eigenvalue weighted by Gasteiger charge is 2.55. The molecule has 0 radical (unpaired) electrons. The Morgan fingerprint density at radius 3 is 1.42 bits per heavy atom. The van der Waals surface area contributed by atoms with E-state index in [-0.39, 0.29) is 0 Å². The predicted octanol–water partition coefficient (Wildman–Crippen LogP) is 20.9. The molecule has 2 heterocycles. The lowest BCUT2D eigenvalue weighted by atomic mass is 9.70. The van der Waals surface area contributed by atoms with Gasteiger partial charge in [0.2, 0.25) is 0 Å². The van der Waals surface area contributed by atoms with Gasteiger partial charge in [0.1, 0.15) is 11.2 Å². The van der Waals surface area contributed by atoms with Crippen LogP contribution in [-0.4, -0.2) is 0 Å². The van der Waals surface area contributed by atoms with E-state index in [0.717, 1.165) is 50.1 Å². The quantitative estimate of drug-likeness (QED) is 0.151. The third-order valence-corrected chi connectivity index (χ3v) is 17.8. The Hall–Kier alpha value is -9.80. The van der Waals surface area contributed by atoms with E-state index in [9.17, 15) is 0 Å². The fraction of sp³-hybridized carbons (Fsp3) is 0.0133. The van der Waals surface area contributed by atoms with Crippen LogP contribution in [0.3, 0.4) is 0 Å². The van der Waals surface area contributed by atoms with Gasteiger partial charge in [0, 0.05) is 48.7 Å². The average molecular weight is 1010 g/mol. The minimum atomic E-state index is -0.528. The number of hydrogen-bond donors (Lipinski definition) is 0. The summed E-state index contributed by atoms with van der Waals surface area (Å²) in [6, 6.07) is 105. The van der Waals surface area contributed by atoms with Gasteiger partial charge in [0.05, 0.1) is 5.41 Å². The van der Waals surface area contributed by atoms with Gasteiger partial charge in [-0.3, -0.25) is 0 Å². The molecule has 1 spiro atoms. The number of rotatable bonds is 8. The molecule has 2 aromatic heterocycles. The van der Waals surface area contributed by atoms with E-state index in [1.165, 1.54) is 98.4 Å². The summed E-state index contributed by atoms with van der Waals surface area (Å²) >= 11 is 1.93. The minimum absolute atomic E-state index is 0.528. The maximum Gasteiger partial charge on any atom is 0.143 e. The first kappa shape index (κ1) is 44.5. The molecule has 1 atom stereocenters. The number of furan rings is 1. The van der Waals surface area contributed by atoms with Crippen molar-refractivity contribution in [1.29, 1.82) is 0 Å². The SMILES string of the molecule is c1ccc(-c2sc(-c3ccccc3)c3c2-c2ccccc2C32c3ccccc3-c3c(-c4ccc(N(c5ccc(-c6cccc7ccccc67)cc5)c5ccc(-c6cccc7c6oc6ccccc67)cc5)cc4)cccc32)cc1. The van der Waals surface area contributed by atoms with Crippen LogP contribution in [0, 0.1) is 0 Å². The summed E-state index contributed by atoms with van der Waals surface area (Å²) in [6.07, 6.45) is 0. The third-order valence-electron chi connectivity index (χ3n) is 16.5. The summed E-state index contributed by atoms with van der Waals surface area (Å²) in [5.74, 6) is 0. The van der Waals surface area contributed by atoms with Gasteiger partial charge in [0.25, 0.3) is 0 Å². The lowest BCUT2D eigenvalue weighted by molar-refractivity contribution is 0.670. The Morgan fingerprint density at radius 1 is 0.295 bits per heavy atom. The zero-order valence-electron chi connectivity index (χ0n) is 42.4. The van der Waals surface area contributed by atoms with Crippen LogP contribution in [0.25, 0.3) is 109 Å². The molecule has 12 aromatic carbocycles. The number of anilines is 3. The highest BCUT2D eigenvalue weighted by molar-refractivity contribution is 7.19. The summed E-state index contributed by atoms with van der Waals surface area (Å²) in [6.45, 7) is 0. The van der Waals surface area contributed by atoms with Crippen molar-refractivity contribution in [3.8, 4) is 76.5 Å².